The smallest absolute Gasteiger partial charge is 0.135 e. The van der Waals surface area contributed by atoms with Gasteiger partial charge in [0.15, 0.2) is 0 Å². The minimum absolute atomic E-state index is 0. The van der Waals surface area contributed by atoms with Gasteiger partial charge in [-0.25, -0.2) is 14.4 Å². The quantitative estimate of drug-likeness (QED) is 0.833. The summed E-state index contributed by atoms with van der Waals surface area (Å²) >= 11 is 0. The van der Waals surface area contributed by atoms with Crippen LogP contribution in [0.4, 0.5) is 10.2 Å². The van der Waals surface area contributed by atoms with E-state index in [0.29, 0.717) is 12.2 Å². The molecule has 27 heavy (non-hydrogen) atoms. The van der Waals surface area contributed by atoms with Gasteiger partial charge >= 0.3 is 0 Å². The minimum Gasteiger partial charge on any atom is -0.370 e. The predicted molar refractivity (Wildman–Crippen MR) is 109 cm³/mol. The average molecular weight is 415 g/mol. The molecule has 1 aromatic carbocycles. The number of halogens is 3. The monoisotopic (exact) mass is 414 g/mol. The van der Waals surface area contributed by atoms with Crippen molar-refractivity contribution in [3.05, 3.63) is 52.7 Å². The maximum absolute atomic E-state index is 13.7. The van der Waals surface area contributed by atoms with Crippen molar-refractivity contribution in [1.29, 1.82) is 0 Å². The molecule has 1 aromatic heterocycles. The van der Waals surface area contributed by atoms with Crippen molar-refractivity contribution in [1.82, 2.24) is 15.3 Å². The molecule has 0 unspecified atom stereocenters. The van der Waals surface area contributed by atoms with Crippen molar-refractivity contribution in [3.63, 3.8) is 0 Å². The van der Waals surface area contributed by atoms with Gasteiger partial charge in [-0.3, -0.25) is 0 Å². The van der Waals surface area contributed by atoms with Gasteiger partial charge < -0.3 is 15.0 Å². The number of rotatable bonds is 4. The van der Waals surface area contributed by atoms with Crippen LogP contribution in [0.2, 0.25) is 0 Å². The molecular weight excluding hydrogens is 390 g/mol. The lowest BCUT2D eigenvalue weighted by Gasteiger charge is -2.41. The van der Waals surface area contributed by atoms with Gasteiger partial charge in [0, 0.05) is 37.2 Å². The van der Waals surface area contributed by atoms with Crippen molar-refractivity contribution >= 4 is 30.6 Å². The van der Waals surface area contributed by atoms with Crippen LogP contribution in [-0.2, 0) is 24.2 Å². The van der Waals surface area contributed by atoms with E-state index in [2.05, 4.69) is 20.2 Å². The number of fused-ring (bicyclic) bond motifs is 1. The molecule has 0 amide bonds. The van der Waals surface area contributed by atoms with Gasteiger partial charge in [0.2, 0.25) is 0 Å². The topological polar surface area (TPSA) is 50.3 Å². The molecule has 0 saturated carbocycles. The van der Waals surface area contributed by atoms with Crippen molar-refractivity contribution in [2.24, 2.45) is 0 Å². The Bertz CT molecular complexity index is 771. The van der Waals surface area contributed by atoms with Crippen LogP contribution >= 0.6 is 24.8 Å². The summed E-state index contributed by atoms with van der Waals surface area (Å²) in [6, 6.07) is 6.77. The van der Waals surface area contributed by atoms with Crippen LogP contribution in [0, 0.1) is 12.7 Å². The van der Waals surface area contributed by atoms with Crippen molar-refractivity contribution in [2.45, 2.75) is 32.5 Å². The van der Waals surface area contributed by atoms with Crippen LogP contribution in [0.3, 0.4) is 0 Å². The summed E-state index contributed by atoms with van der Waals surface area (Å²) in [5, 5.41) is 3.42. The lowest BCUT2D eigenvalue weighted by molar-refractivity contribution is 0.0207. The Balaban J connectivity index is 0.00000131. The lowest BCUT2D eigenvalue weighted by atomic mass is 10.1. The zero-order chi connectivity index (χ0) is 17.2. The van der Waals surface area contributed by atoms with Crippen molar-refractivity contribution in [2.75, 3.05) is 31.1 Å². The normalized spacial score (nSPS) is 16.4. The Kier molecular flexibility index (Phi) is 7.79. The summed E-state index contributed by atoms with van der Waals surface area (Å²) in [7, 11) is 0. The molecule has 1 N–H and O–H groups in total. The number of hydrogen-bond donors (Lipinski definition) is 1. The summed E-state index contributed by atoms with van der Waals surface area (Å²) in [5.41, 5.74) is 3.05. The van der Waals surface area contributed by atoms with E-state index in [4.69, 9.17) is 4.74 Å². The van der Waals surface area contributed by atoms with Crippen LogP contribution in [0.5, 0.6) is 0 Å². The predicted octanol–water partition coefficient (Wildman–Crippen LogP) is 2.86. The highest BCUT2D eigenvalue weighted by Gasteiger charge is 2.31. The van der Waals surface area contributed by atoms with Crippen LogP contribution in [0.25, 0.3) is 0 Å². The van der Waals surface area contributed by atoms with Crippen LogP contribution in [0.1, 0.15) is 22.6 Å². The molecule has 0 spiro atoms. The standard InChI is InChI=1S/C19H23FN4O.2ClH/c1-13-22-18-7-9-21-8-6-16(18)19(23-13)24-10-15(11-24)25-12-14-4-2-3-5-17(14)20;;/h2-5,15,21H,6-12H2,1H3;2*1H. The highest BCUT2D eigenvalue weighted by molar-refractivity contribution is 5.85. The molecule has 148 valence electrons. The average Bonchev–Trinajstić information content (AvgIpc) is 2.80. The molecule has 0 bridgehead atoms. The first-order chi connectivity index (χ1) is 12.2. The molecule has 0 aliphatic carbocycles. The van der Waals surface area contributed by atoms with E-state index in [1.54, 1.807) is 12.1 Å². The van der Waals surface area contributed by atoms with Crippen LogP contribution in [-0.4, -0.2) is 42.3 Å². The first-order valence-electron chi connectivity index (χ1n) is 8.88. The third-order valence-electron chi connectivity index (χ3n) is 4.85. The summed E-state index contributed by atoms with van der Waals surface area (Å²) in [6.07, 6.45) is 2.03. The molecular formula is C19H25Cl2FN4O. The Morgan fingerprint density at radius 2 is 1.89 bits per heavy atom. The van der Waals surface area contributed by atoms with Gasteiger partial charge in [-0.05, 0) is 26.0 Å². The Morgan fingerprint density at radius 1 is 1.15 bits per heavy atom. The van der Waals surface area contributed by atoms with Gasteiger partial charge in [0.05, 0.1) is 18.4 Å². The lowest BCUT2D eigenvalue weighted by Crippen LogP contribution is -2.53. The van der Waals surface area contributed by atoms with E-state index >= 15 is 0 Å². The van der Waals surface area contributed by atoms with E-state index in [0.717, 1.165) is 50.7 Å². The molecule has 8 heteroatoms. The number of ether oxygens (including phenoxy) is 1. The Labute approximate surface area is 171 Å². The number of nitrogens with zero attached hydrogens (tertiary/aromatic N) is 3. The Hall–Kier alpha value is -1.47. The van der Waals surface area contributed by atoms with Crippen molar-refractivity contribution in [3.8, 4) is 0 Å². The third-order valence-corrected chi connectivity index (χ3v) is 4.85. The Morgan fingerprint density at radius 3 is 2.67 bits per heavy atom. The fourth-order valence-corrected chi connectivity index (χ4v) is 3.45. The molecule has 2 aromatic rings. The molecule has 0 radical (unpaired) electrons. The van der Waals surface area contributed by atoms with E-state index in [1.807, 2.05) is 13.0 Å². The molecule has 2 aliphatic rings. The van der Waals surface area contributed by atoms with Gasteiger partial charge in [-0.15, -0.1) is 24.8 Å². The minimum atomic E-state index is -0.206. The first-order valence-corrected chi connectivity index (χ1v) is 8.88. The number of benzene rings is 1. The fourth-order valence-electron chi connectivity index (χ4n) is 3.45. The van der Waals surface area contributed by atoms with Gasteiger partial charge in [0.25, 0.3) is 0 Å². The van der Waals surface area contributed by atoms with E-state index in [1.165, 1.54) is 17.3 Å². The van der Waals surface area contributed by atoms with E-state index < -0.39 is 0 Å². The molecule has 0 atom stereocenters. The highest BCUT2D eigenvalue weighted by Crippen LogP contribution is 2.28. The second-order valence-corrected chi connectivity index (χ2v) is 6.70. The van der Waals surface area contributed by atoms with Crippen molar-refractivity contribution < 1.29 is 9.13 Å². The van der Waals surface area contributed by atoms with Gasteiger partial charge in [0.1, 0.15) is 17.5 Å². The fraction of sp³-hybridized carbons (Fsp3) is 0.474. The van der Waals surface area contributed by atoms with Gasteiger partial charge in [-0.1, -0.05) is 18.2 Å². The number of aromatic nitrogens is 2. The maximum Gasteiger partial charge on any atom is 0.135 e. The molecule has 5 nitrogen and oxygen atoms in total. The van der Waals surface area contributed by atoms with Crippen LogP contribution < -0.4 is 10.2 Å². The summed E-state index contributed by atoms with van der Waals surface area (Å²) in [4.78, 5) is 11.6. The zero-order valence-electron chi connectivity index (χ0n) is 15.3. The summed E-state index contributed by atoms with van der Waals surface area (Å²) in [5.74, 6) is 1.67. The molecule has 1 saturated heterocycles. The second-order valence-electron chi connectivity index (χ2n) is 6.70. The van der Waals surface area contributed by atoms with Crippen LogP contribution in [0.15, 0.2) is 24.3 Å². The number of nitrogens with one attached hydrogen (secondary N) is 1. The largest absolute Gasteiger partial charge is 0.370 e. The third kappa shape index (κ3) is 4.88. The zero-order valence-corrected chi connectivity index (χ0v) is 16.9. The van der Waals surface area contributed by atoms with E-state index in [9.17, 15) is 4.39 Å². The first kappa shape index (κ1) is 21.8. The number of hydrogen-bond acceptors (Lipinski definition) is 5. The number of aryl methyl sites for hydroxylation is 1. The second kappa shape index (κ2) is 9.64. The maximum atomic E-state index is 13.7. The number of anilines is 1. The molecule has 4 rings (SSSR count). The molecule has 3 heterocycles. The summed E-state index contributed by atoms with van der Waals surface area (Å²) in [6.45, 7) is 5.80. The van der Waals surface area contributed by atoms with E-state index in [-0.39, 0.29) is 36.7 Å². The highest BCUT2D eigenvalue weighted by atomic mass is 35.5. The molecule has 1 fully saturated rings. The van der Waals surface area contributed by atoms with Gasteiger partial charge in [-0.2, -0.15) is 0 Å². The molecule has 2 aliphatic heterocycles. The summed E-state index contributed by atoms with van der Waals surface area (Å²) < 4.78 is 19.5. The SMILES string of the molecule is Cc1nc2c(c(N3CC(OCc4ccccc4F)C3)n1)CCNCC2.Cl.Cl.